The highest BCUT2D eigenvalue weighted by molar-refractivity contribution is 7.98. The number of hydrogen-bond acceptors (Lipinski definition) is 3. The number of methoxy groups -OCH3 is 1. The molecule has 4 heteroatoms. The molecule has 2 aromatic rings. The molecule has 0 aliphatic carbocycles. The highest BCUT2D eigenvalue weighted by atomic mass is 35.5. The number of thioether (sulfide) groups is 1. The van der Waals surface area contributed by atoms with Crippen molar-refractivity contribution in [2.75, 3.05) is 20.3 Å². The van der Waals surface area contributed by atoms with Crippen LogP contribution in [0.2, 0.25) is 5.02 Å². The topological polar surface area (TPSA) is 21.3 Å². The van der Waals surface area contributed by atoms with Crippen LogP contribution in [0.3, 0.4) is 0 Å². The summed E-state index contributed by atoms with van der Waals surface area (Å²) in [5, 5.41) is 4.19. The van der Waals surface area contributed by atoms with E-state index in [1.807, 2.05) is 18.2 Å². The van der Waals surface area contributed by atoms with E-state index in [1.165, 1.54) is 11.1 Å². The van der Waals surface area contributed by atoms with E-state index in [0.29, 0.717) is 6.61 Å². The highest BCUT2D eigenvalue weighted by Gasteiger charge is 2.08. The zero-order valence-electron chi connectivity index (χ0n) is 12.1. The molecule has 112 valence electrons. The van der Waals surface area contributed by atoms with Gasteiger partial charge >= 0.3 is 0 Å². The Bertz CT molecular complexity index is 548. The smallest absolute Gasteiger partial charge is 0.0587 e. The zero-order valence-corrected chi connectivity index (χ0v) is 13.7. The fourth-order valence-electron chi connectivity index (χ4n) is 1.98. The molecule has 21 heavy (non-hydrogen) atoms. The van der Waals surface area contributed by atoms with Gasteiger partial charge in [-0.1, -0.05) is 54.1 Å². The molecule has 0 unspecified atom stereocenters. The molecule has 0 saturated heterocycles. The van der Waals surface area contributed by atoms with E-state index < -0.39 is 0 Å². The summed E-state index contributed by atoms with van der Waals surface area (Å²) in [5.41, 5.74) is 2.54. The number of nitrogens with one attached hydrogen (secondary N) is 1. The summed E-state index contributed by atoms with van der Waals surface area (Å²) in [6, 6.07) is 16.5. The van der Waals surface area contributed by atoms with Crippen molar-refractivity contribution in [2.24, 2.45) is 0 Å². The molecule has 0 amide bonds. The largest absolute Gasteiger partial charge is 0.383 e. The maximum absolute atomic E-state index is 6.36. The number of rotatable bonds is 8. The summed E-state index contributed by atoms with van der Waals surface area (Å²) >= 11 is 8.15. The molecule has 2 rings (SSSR count). The van der Waals surface area contributed by atoms with Crippen LogP contribution in [-0.2, 0) is 17.0 Å². The van der Waals surface area contributed by atoms with E-state index >= 15 is 0 Å². The maximum Gasteiger partial charge on any atom is 0.0587 e. The summed E-state index contributed by atoms with van der Waals surface area (Å²) in [7, 11) is 1.71. The standard InChI is InChI=1S/C17H20ClNOS/c1-20-11-10-19-12-15-8-5-9-16(18)17(15)21-13-14-6-3-2-4-7-14/h2-9,19H,10-13H2,1H3. The maximum atomic E-state index is 6.36. The fourth-order valence-corrected chi connectivity index (χ4v) is 3.37. The van der Waals surface area contributed by atoms with Gasteiger partial charge in [0.05, 0.1) is 11.6 Å². The second-order valence-corrected chi connectivity index (χ2v) is 6.06. The molecular formula is C17H20ClNOS. The van der Waals surface area contributed by atoms with Crippen molar-refractivity contribution >= 4 is 23.4 Å². The lowest BCUT2D eigenvalue weighted by atomic mass is 10.2. The van der Waals surface area contributed by atoms with Gasteiger partial charge in [-0.05, 0) is 17.2 Å². The average Bonchev–Trinajstić information content (AvgIpc) is 2.52. The molecule has 0 fully saturated rings. The first-order valence-electron chi connectivity index (χ1n) is 6.95. The Balaban J connectivity index is 2.00. The summed E-state index contributed by atoms with van der Waals surface area (Å²) in [6.07, 6.45) is 0. The number of benzene rings is 2. The van der Waals surface area contributed by atoms with Crippen LogP contribution in [0.1, 0.15) is 11.1 Å². The molecule has 0 spiro atoms. The monoisotopic (exact) mass is 321 g/mol. The number of ether oxygens (including phenoxy) is 1. The van der Waals surface area contributed by atoms with Gasteiger partial charge in [-0.2, -0.15) is 0 Å². The van der Waals surface area contributed by atoms with E-state index in [4.69, 9.17) is 16.3 Å². The third kappa shape index (κ3) is 5.36. The first kappa shape index (κ1) is 16.4. The van der Waals surface area contributed by atoms with E-state index in [0.717, 1.165) is 28.8 Å². The molecular weight excluding hydrogens is 302 g/mol. The Labute approximate surface area is 135 Å². The van der Waals surface area contributed by atoms with Crippen molar-refractivity contribution in [1.82, 2.24) is 5.32 Å². The predicted octanol–water partition coefficient (Wildman–Crippen LogP) is 4.37. The van der Waals surface area contributed by atoms with Crippen LogP contribution in [0, 0.1) is 0 Å². The van der Waals surface area contributed by atoms with Gasteiger partial charge in [-0.25, -0.2) is 0 Å². The van der Waals surface area contributed by atoms with Gasteiger partial charge < -0.3 is 10.1 Å². The van der Waals surface area contributed by atoms with Crippen LogP contribution < -0.4 is 5.32 Å². The molecule has 0 atom stereocenters. The van der Waals surface area contributed by atoms with E-state index in [9.17, 15) is 0 Å². The lowest BCUT2D eigenvalue weighted by molar-refractivity contribution is 0.199. The molecule has 0 aliphatic rings. The van der Waals surface area contributed by atoms with E-state index in [1.54, 1.807) is 18.9 Å². The molecule has 0 bridgehead atoms. The van der Waals surface area contributed by atoms with Gasteiger partial charge in [0.25, 0.3) is 0 Å². The zero-order chi connectivity index (χ0) is 14.9. The van der Waals surface area contributed by atoms with E-state index in [-0.39, 0.29) is 0 Å². The Morgan fingerprint density at radius 1 is 1.10 bits per heavy atom. The molecule has 2 nitrogen and oxygen atoms in total. The number of hydrogen-bond donors (Lipinski definition) is 1. The van der Waals surface area contributed by atoms with Gasteiger partial charge in [0.15, 0.2) is 0 Å². The minimum absolute atomic E-state index is 0.715. The molecule has 0 radical (unpaired) electrons. The minimum Gasteiger partial charge on any atom is -0.383 e. The lowest BCUT2D eigenvalue weighted by Gasteiger charge is -2.12. The first-order valence-corrected chi connectivity index (χ1v) is 8.31. The first-order chi connectivity index (χ1) is 10.3. The minimum atomic E-state index is 0.715. The third-order valence-electron chi connectivity index (χ3n) is 3.07. The molecule has 0 saturated carbocycles. The second-order valence-electron chi connectivity index (χ2n) is 4.67. The molecule has 2 aromatic carbocycles. The second kappa shape index (κ2) is 9.11. The van der Waals surface area contributed by atoms with Crippen molar-refractivity contribution in [1.29, 1.82) is 0 Å². The van der Waals surface area contributed by atoms with Crippen molar-refractivity contribution in [3.63, 3.8) is 0 Å². The number of halogens is 1. The van der Waals surface area contributed by atoms with E-state index in [2.05, 4.69) is 35.6 Å². The Kier molecular flexibility index (Phi) is 7.10. The Hall–Kier alpha value is -1.00. The normalized spacial score (nSPS) is 10.8. The molecule has 1 N–H and O–H groups in total. The van der Waals surface area contributed by atoms with Gasteiger partial charge in [0.2, 0.25) is 0 Å². The van der Waals surface area contributed by atoms with Crippen molar-refractivity contribution in [3.05, 3.63) is 64.7 Å². The van der Waals surface area contributed by atoms with Gasteiger partial charge in [0, 0.05) is 30.8 Å². The van der Waals surface area contributed by atoms with Gasteiger partial charge in [-0.3, -0.25) is 0 Å². The van der Waals surface area contributed by atoms with Gasteiger partial charge in [-0.15, -0.1) is 11.8 Å². The highest BCUT2D eigenvalue weighted by Crippen LogP contribution is 2.33. The molecule has 0 heterocycles. The van der Waals surface area contributed by atoms with Crippen LogP contribution in [0.5, 0.6) is 0 Å². The predicted molar refractivity (Wildman–Crippen MR) is 91.0 cm³/mol. The van der Waals surface area contributed by atoms with Crippen LogP contribution in [-0.4, -0.2) is 20.3 Å². The van der Waals surface area contributed by atoms with Crippen LogP contribution in [0.25, 0.3) is 0 Å². The third-order valence-corrected chi connectivity index (χ3v) is 4.75. The summed E-state index contributed by atoms with van der Waals surface area (Å²) in [4.78, 5) is 1.16. The summed E-state index contributed by atoms with van der Waals surface area (Å²) < 4.78 is 5.05. The SMILES string of the molecule is COCCNCc1cccc(Cl)c1SCc1ccccc1. The molecule has 0 aromatic heterocycles. The fraction of sp³-hybridized carbons (Fsp3) is 0.294. The quantitative estimate of drug-likeness (QED) is 0.576. The van der Waals surface area contributed by atoms with Crippen LogP contribution in [0.4, 0.5) is 0 Å². The van der Waals surface area contributed by atoms with Crippen molar-refractivity contribution in [3.8, 4) is 0 Å². The summed E-state index contributed by atoms with van der Waals surface area (Å²) in [6.45, 7) is 2.36. The Morgan fingerprint density at radius 3 is 2.67 bits per heavy atom. The average molecular weight is 322 g/mol. The van der Waals surface area contributed by atoms with Crippen molar-refractivity contribution in [2.45, 2.75) is 17.2 Å². The van der Waals surface area contributed by atoms with Gasteiger partial charge in [0.1, 0.15) is 0 Å². The van der Waals surface area contributed by atoms with Crippen molar-refractivity contribution < 1.29 is 4.74 Å². The lowest BCUT2D eigenvalue weighted by Crippen LogP contribution is -2.18. The Morgan fingerprint density at radius 2 is 1.90 bits per heavy atom. The molecule has 0 aliphatic heterocycles. The summed E-state index contributed by atoms with van der Waals surface area (Å²) in [5.74, 6) is 0.926. The van der Waals surface area contributed by atoms with Crippen LogP contribution in [0.15, 0.2) is 53.4 Å². The van der Waals surface area contributed by atoms with Crippen LogP contribution >= 0.6 is 23.4 Å².